The third-order valence-electron chi connectivity index (χ3n) is 4.42. The smallest absolute Gasteiger partial charge is 0.241 e. The van der Waals surface area contributed by atoms with Gasteiger partial charge in [-0.05, 0) is 36.0 Å². The van der Waals surface area contributed by atoms with Gasteiger partial charge in [0.05, 0.1) is 11.4 Å². The summed E-state index contributed by atoms with van der Waals surface area (Å²) < 4.78 is 27.0. The van der Waals surface area contributed by atoms with Gasteiger partial charge in [-0.25, -0.2) is 13.1 Å². The van der Waals surface area contributed by atoms with Gasteiger partial charge in [0.15, 0.2) is 0 Å². The molecule has 0 unspecified atom stereocenters. The summed E-state index contributed by atoms with van der Waals surface area (Å²) >= 11 is 0. The molecular formula is C18H28N2O3S. The van der Waals surface area contributed by atoms with Gasteiger partial charge in [-0.15, -0.1) is 0 Å². The van der Waals surface area contributed by atoms with Crippen molar-refractivity contribution in [1.82, 2.24) is 10.0 Å². The van der Waals surface area contributed by atoms with Gasteiger partial charge < -0.3 is 5.32 Å². The van der Waals surface area contributed by atoms with Crippen LogP contribution < -0.4 is 10.0 Å². The van der Waals surface area contributed by atoms with Crippen molar-refractivity contribution >= 4 is 15.9 Å². The summed E-state index contributed by atoms with van der Waals surface area (Å²) in [5, 5.41) is 2.91. The lowest BCUT2D eigenvalue weighted by Gasteiger charge is -2.22. The van der Waals surface area contributed by atoms with Gasteiger partial charge in [-0.3, -0.25) is 4.79 Å². The molecule has 0 aromatic heterocycles. The number of carbonyl (C=O) groups excluding carboxylic acids is 1. The molecule has 1 saturated carbocycles. The minimum absolute atomic E-state index is 0.0321. The van der Waals surface area contributed by atoms with E-state index in [4.69, 9.17) is 0 Å². The Kier molecular flexibility index (Phi) is 6.04. The number of benzene rings is 1. The molecule has 1 aromatic rings. The zero-order chi connectivity index (χ0) is 17.8. The molecular weight excluding hydrogens is 324 g/mol. The lowest BCUT2D eigenvalue weighted by Crippen LogP contribution is -2.42. The van der Waals surface area contributed by atoms with Crippen molar-refractivity contribution in [3.63, 3.8) is 0 Å². The van der Waals surface area contributed by atoms with Gasteiger partial charge in [0.1, 0.15) is 0 Å². The second kappa shape index (κ2) is 7.66. The fraction of sp³-hybridized carbons (Fsp3) is 0.611. The number of nitrogens with one attached hydrogen (secondary N) is 2. The zero-order valence-corrected chi connectivity index (χ0v) is 15.6. The quantitative estimate of drug-likeness (QED) is 0.855. The molecule has 0 bridgehead atoms. The first-order valence-electron chi connectivity index (χ1n) is 8.58. The fourth-order valence-corrected chi connectivity index (χ4v) is 3.89. The molecule has 1 amide bonds. The van der Waals surface area contributed by atoms with E-state index in [9.17, 15) is 13.2 Å². The van der Waals surface area contributed by atoms with Gasteiger partial charge in [0.2, 0.25) is 15.9 Å². The molecule has 1 aromatic carbocycles. The van der Waals surface area contributed by atoms with Crippen molar-refractivity contribution in [3.05, 3.63) is 29.8 Å². The van der Waals surface area contributed by atoms with E-state index < -0.39 is 10.0 Å². The summed E-state index contributed by atoms with van der Waals surface area (Å²) in [6.07, 6.45) is 5.41. The van der Waals surface area contributed by atoms with Gasteiger partial charge in [0.25, 0.3) is 0 Å². The van der Waals surface area contributed by atoms with Gasteiger partial charge in [-0.2, -0.15) is 0 Å². The predicted molar refractivity (Wildman–Crippen MR) is 95.3 cm³/mol. The fourth-order valence-electron chi connectivity index (χ4n) is 2.90. The van der Waals surface area contributed by atoms with Crippen LogP contribution in [0.3, 0.4) is 0 Å². The molecule has 134 valence electrons. The number of rotatable bonds is 5. The number of amides is 1. The average molecular weight is 353 g/mol. The van der Waals surface area contributed by atoms with Gasteiger partial charge in [0, 0.05) is 6.04 Å². The Labute approximate surface area is 145 Å². The number of carbonyl (C=O) groups is 1. The highest BCUT2D eigenvalue weighted by Gasteiger charge is 2.20. The Morgan fingerprint density at radius 2 is 1.67 bits per heavy atom. The standard InChI is InChI=1S/C18H28N2O3S/c1-18(2,3)14-9-11-16(12-10-14)24(22,23)19-13-17(21)20-15-7-5-4-6-8-15/h9-12,15,19H,4-8,13H2,1-3H3,(H,20,21). The minimum atomic E-state index is -3.67. The molecule has 0 heterocycles. The largest absolute Gasteiger partial charge is 0.352 e. The third kappa shape index (κ3) is 5.31. The van der Waals surface area contributed by atoms with E-state index >= 15 is 0 Å². The van der Waals surface area contributed by atoms with Crippen LogP contribution in [0.15, 0.2) is 29.2 Å². The van der Waals surface area contributed by atoms with E-state index in [1.54, 1.807) is 12.1 Å². The zero-order valence-electron chi connectivity index (χ0n) is 14.8. The maximum absolute atomic E-state index is 12.3. The molecule has 0 radical (unpaired) electrons. The van der Waals surface area contributed by atoms with Gasteiger partial charge >= 0.3 is 0 Å². The molecule has 6 heteroatoms. The first kappa shape index (κ1) is 18.9. The summed E-state index contributed by atoms with van der Waals surface area (Å²) in [6, 6.07) is 6.99. The maximum atomic E-state index is 12.3. The number of hydrogen-bond acceptors (Lipinski definition) is 3. The Bertz CT molecular complexity index is 654. The van der Waals surface area contributed by atoms with E-state index in [1.165, 1.54) is 6.42 Å². The van der Waals surface area contributed by atoms with E-state index in [0.29, 0.717) is 0 Å². The van der Waals surface area contributed by atoms with Crippen LogP contribution in [0.4, 0.5) is 0 Å². The number of hydrogen-bond donors (Lipinski definition) is 2. The van der Waals surface area contributed by atoms with E-state index in [-0.39, 0.29) is 28.8 Å². The topological polar surface area (TPSA) is 75.3 Å². The number of sulfonamides is 1. The second-order valence-corrected chi connectivity index (χ2v) is 9.27. The van der Waals surface area contributed by atoms with Crippen molar-refractivity contribution in [2.45, 2.75) is 69.2 Å². The molecule has 0 aliphatic heterocycles. The Hall–Kier alpha value is -1.40. The molecule has 1 aliphatic rings. The molecule has 1 fully saturated rings. The van der Waals surface area contributed by atoms with Crippen molar-refractivity contribution < 1.29 is 13.2 Å². The lowest BCUT2D eigenvalue weighted by atomic mass is 9.87. The van der Waals surface area contributed by atoms with Crippen molar-refractivity contribution in [3.8, 4) is 0 Å². The lowest BCUT2D eigenvalue weighted by molar-refractivity contribution is -0.120. The average Bonchev–Trinajstić information content (AvgIpc) is 2.53. The van der Waals surface area contributed by atoms with Gasteiger partial charge in [-0.1, -0.05) is 52.2 Å². The Morgan fingerprint density at radius 3 is 2.21 bits per heavy atom. The van der Waals surface area contributed by atoms with E-state index in [0.717, 1.165) is 31.2 Å². The van der Waals surface area contributed by atoms with Crippen LogP contribution in [0.1, 0.15) is 58.4 Å². The summed E-state index contributed by atoms with van der Waals surface area (Å²) in [5.41, 5.74) is 1.03. The molecule has 0 atom stereocenters. The highest BCUT2D eigenvalue weighted by molar-refractivity contribution is 7.89. The monoisotopic (exact) mass is 352 g/mol. The van der Waals surface area contributed by atoms with Crippen LogP contribution in [0.5, 0.6) is 0 Å². The minimum Gasteiger partial charge on any atom is -0.352 e. The van der Waals surface area contributed by atoms with Crippen LogP contribution >= 0.6 is 0 Å². The highest BCUT2D eigenvalue weighted by Crippen LogP contribution is 2.23. The van der Waals surface area contributed by atoms with Crippen molar-refractivity contribution in [2.24, 2.45) is 0 Å². The summed E-state index contributed by atoms with van der Waals surface area (Å²) in [4.78, 5) is 12.1. The summed E-state index contributed by atoms with van der Waals surface area (Å²) in [5.74, 6) is -0.267. The second-order valence-electron chi connectivity index (χ2n) is 7.50. The van der Waals surface area contributed by atoms with Crippen LogP contribution in [-0.2, 0) is 20.2 Å². The molecule has 2 N–H and O–H groups in total. The summed E-state index contributed by atoms with van der Waals surface area (Å²) in [6.45, 7) is 6.00. The van der Waals surface area contributed by atoms with E-state index in [1.807, 2.05) is 12.1 Å². The van der Waals surface area contributed by atoms with Crippen molar-refractivity contribution in [2.75, 3.05) is 6.54 Å². The summed E-state index contributed by atoms with van der Waals surface area (Å²) in [7, 11) is -3.67. The first-order valence-corrected chi connectivity index (χ1v) is 10.1. The van der Waals surface area contributed by atoms with Crippen LogP contribution in [0.25, 0.3) is 0 Å². The maximum Gasteiger partial charge on any atom is 0.241 e. The molecule has 0 spiro atoms. The normalized spacial score (nSPS) is 16.8. The molecule has 0 saturated heterocycles. The third-order valence-corrected chi connectivity index (χ3v) is 5.84. The molecule has 2 rings (SSSR count). The highest BCUT2D eigenvalue weighted by atomic mass is 32.2. The first-order chi connectivity index (χ1) is 11.2. The molecule has 1 aliphatic carbocycles. The van der Waals surface area contributed by atoms with E-state index in [2.05, 4.69) is 30.8 Å². The molecule has 5 nitrogen and oxygen atoms in total. The van der Waals surface area contributed by atoms with Crippen molar-refractivity contribution in [1.29, 1.82) is 0 Å². The molecule has 24 heavy (non-hydrogen) atoms. The predicted octanol–water partition coefficient (Wildman–Crippen LogP) is 2.71. The van der Waals surface area contributed by atoms with Crippen LogP contribution in [0, 0.1) is 0 Å². The Balaban J connectivity index is 1.92. The van der Waals surface area contributed by atoms with Crippen LogP contribution in [-0.4, -0.2) is 26.9 Å². The Morgan fingerprint density at radius 1 is 1.08 bits per heavy atom. The van der Waals surface area contributed by atoms with Crippen LogP contribution in [0.2, 0.25) is 0 Å². The SMILES string of the molecule is CC(C)(C)c1ccc(S(=O)(=O)NCC(=O)NC2CCCCC2)cc1.